The predicted molar refractivity (Wildman–Crippen MR) is 58.2 cm³/mol. The standard InChI is InChI=1S/C10H13ClN2O2/c1-13(2)6-8(10(14)15)7-3-4-9(11)12-5-7/h3-5,8H,6H2,1-2H3,(H,14,15). The lowest BCUT2D eigenvalue weighted by Crippen LogP contribution is -2.26. The quantitative estimate of drug-likeness (QED) is 0.793. The van der Waals surface area contributed by atoms with Crippen molar-refractivity contribution < 1.29 is 9.90 Å². The maximum Gasteiger partial charge on any atom is 0.312 e. The number of likely N-dealkylation sites (N-methyl/N-ethyl adjacent to an activating group) is 1. The molecule has 1 heterocycles. The molecule has 0 spiro atoms. The van der Waals surface area contributed by atoms with E-state index in [1.807, 2.05) is 19.0 Å². The molecule has 1 aromatic heterocycles. The average molecular weight is 229 g/mol. The van der Waals surface area contributed by atoms with E-state index in [4.69, 9.17) is 16.7 Å². The number of rotatable bonds is 4. The summed E-state index contributed by atoms with van der Waals surface area (Å²) in [5, 5.41) is 9.43. The molecule has 4 nitrogen and oxygen atoms in total. The second kappa shape index (κ2) is 5.09. The molecule has 5 heteroatoms. The van der Waals surface area contributed by atoms with Crippen LogP contribution in [-0.4, -0.2) is 41.6 Å². The molecule has 0 bridgehead atoms. The molecule has 0 fully saturated rings. The van der Waals surface area contributed by atoms with Gasteiger partial charge in [-0.3, -0.25) is 4.79 Å². The van der Waals surface area contributed by atoms with Crippen LogP contribution < -0.4 is 0 Å². The highest BCUT2D eigenvalue weighted by Crippen LogP contribution is 2.17. The maximum absolute atomic E-state index is 11.0. The Balaban J connectivity index is 2.89. The lowest BCUT2D eigenvalue weighted by atomic mass is 10.0. The van der Waals surface area contributed by atoms with Crippen LogP contribution in [0, 0.1) is 0 Å². The van der Waals surface area contributed by atoms with Crippen LogP contribution in [0.1, 0.15) is 11.5 Å². The number of carboxylic acids is 1. The highest BCUT2D eigenvalue weighted by molar-refractivity contribution is 6.29. The number of hydrogen-bond donors (Lipinski definition) is 1. The van der Waals surface area contributed by atoms with Crippen molar-refractivity contribution in [2.75, 3.05) is 20.6 Å². The molecule has 1 rings (SSSR count). The summed E-state index contributed by atoms with van der Waals surface area (Å²) in [6.45, 7) is 0.443. The Hall–Kier alpha value is -1.13. The fourth-order valence-corrected chi connectivity index (χ4v) is 1.40. The van der Waals surface area contributed by atoms with Crippen molar-refractivity contribution in [1.82, 2.24) is 9.88 Å². The zero-order valence-corrected chi connectivity index (χ0v) is 9.40. The number of carboxylic acid groups (broad SMARTS) is 1. The Morgan fingerprint density at radius 1 is 1.60 bits per heavy atom. The Labute approximate surface area is 93.5 Å². The van der Waals surface area contributed by atoms with Crippen LogP contribution >= 0.6 is 11.6 Å². The van der Waals surface area contributed by atoms with Gasteiger partial charge in [0.2, 0.25) is 0 Å². The molecule has 1 aromatic rings. The number of carbonyl (C=O) groups is 1. The van der Waals surface area contributed by atoms with Gasteiger partial charge in [0.25, 0.3) is 0 Å². The Bertz CT molecular complexity index is 338. The van der Waals surface area contributed by atoms with Crippen molar-refractivity contribution in [3.05, 3.63) is 29.0 Å². The lowest BCUT2D eigenvalue weighted by Gasteiger charge is -2.17. The summed E-state index contributed by atoms with van der Waals surface area (Å²) in [5.74, 6) is -1.42. The molecule has 1 N–H and O–H groups in total. The average Bonchev–Trinajstić information content (AvgIpc) is 2.15. The molecule has 1 atom stereocenters. The van der Waals surface area contributed by atoms with Crippen molar-refractivity contribution in [2.24, 2.45) is 0 Å². The number of aliphatic carboxylic acids is 1. The van der Waals surface area contributed by atoms with E-state index >= 15 is 0 Å². The number of aromatic nitrogens is 1. The third kappa shape index (κ3) is 3.49. The van der Waals surface area contributed by atoms with Gasteiger partial charge in [0.05, 0.1) is 5.92 Å². The number of hydrogen-bond acceptors (Lipinski definition) is 3. The molecular formula is C10H13ClN2O2. The Kier molecular flexibility index (Phi) is 4.05. The topological polar surface area (TPSA) is 53.4 Å². The maximum atomic E-state index is 11.0. The SMILES string of the molecule is CN(C)CC(C(=O)O)c1ccc(Cl)nc1. The Morgan fingerprint density at radius 3 is 2.67 bits per heavy atom. The van der Waals surface area contributed by atoms with Gasteiger partial charge < -0.3 is 10.0 Å². The van der Waals surface area contributed by atoms with Gasteiger partial charge in [0.1, 0.15) is 5.15 Å². The van der Waals surface area contributed by atoms with Crippen LogP contribution in [-0.2, 0) is 4.79 Å². The minimum atomic E-state index is -0.854. The van der Waals surface area contributed by atoms with Crippen molar-refractivity contribution in [1.29, 1.82) is 0 Å². The van der Waals surface area contributed by atoms with Crippen LogP contribution in [0.5, 0.6) is 0 Å². The van der Waals surface area contributed by atoms with E-state index in [-0.39, 0.29) is 0 Å². The first-order valence-electron chi connectivity index (χ1n) is 4.49. The third-order valence-electron chi connectivity index (χ3n) is 2.00. The van der Waals surface area contributed by atoms with Crippen LogP contribution in [0.25, 0.3) is 0 Å². The van der Waals surface area contributed by atoms with E-state index in [9.17, 15) is 4.79 Å². The summed E-state index contributed by atoms with van der Waals surface area (Å²) in [5.41, 5.74) is 0.667. The molecule has 0 aliphatic rings. The second-order valence-corrected chi connectivity index (χ2v) is 3.95. The number of halogens is 1. The van der Waals surface area contributed by atoms with E-state index in [1.165, 1.54) is 6.20 Å². The lowest BCUT2D eigenvalue weighted by molar-refractivity contribution is -0.139. The van der Waals surface area contributed by atoms with Crippen LogP contribution in [0.2, 0.25) is 5.15 Å². The van der Waals surface area contributed by atoms with E-state index in [2.05, 4.69) is 4.98 Å². The normalized spacial score (nSPS) is 12.8. The summed E-state index contributed by atoms with van der Waals surface area (Å²) < 4.78 is 0. The number of pyridine rings is 1. The monoisotopic (exact) mass is 228 g/mol. The van der Waals surface area contributed by atoms with Crippen LogP contribution in [0.15, 0.2) is 18.3 Å². The molecule has 0 radical (unpaired) electrons. The first kappa shape index (κ1) is 11.9. The van der Waals surface area contributed by atoms with Crippen molar-refractivity contribution in [3.8, 4) is 0 Å². The molecule has 0 saturated carbocycles. The van der Waals surface area contributed by atoms with Gasteiger partial charge in [-0.15, -0.1) is 0 Å². The van der Waals surface area contributed by atoms with E-state index in [0.29, 0.717) is 17.3 Å². The van der Waals surface area contributed by atoms with Crippen LogP contribution in [0.4, 0.5) is 0 Å². The van der Waals surface area contributed by atoms with E-state index in [0.717, 1.165) is 0 Å². The zero-order chi connectivity index (χ0) is 11.4. The van der Waals surface area contributed by atoms with Gasteiger partial charge in [-0.2, -0.15) is 0 Å². The molecule has 0 aliphatic heterocycles. The minimum absolute atomic E-state index is 0.368. The fraction of sp³-hybridized carbons (Fsp3) is 0.400. The van der Waals surface area contributed by atoms with Crippen molar-refractivity contribution >= 4 is 17.6 Å². The summed E-state index contributed by atoms with van der Waals surface area (Å²) in [4.78, 5) is 16.7. The molecule has 0 saturated heterocycles. The van der Waals surface area contributed by atoms with Gasteiger partial charge in [0.15, 0.2) is 0 Å². The van der Waals surface area contributed by atoms with Crippen molar-refractivity contribution in [3.63, 3.8) is 0 Å². The van der Waals surface area contributed by atoms with Crippen LogP contribution in [0.3, 0.4) is 0 Å². The molecular weight excluding hydrogens is 216 g/mol. The largest absolute Gasteiger partial charge is 0.481 e. The highest BCUT2D eigenvalue weighted by atomic mass is 35.5. The predicted octanol–water partition coefficient (Wildman–Crippen LogP) is 1.46. The van der Waals surface area contributed by atoms with Gasteiger partial charge in [-0.1, -0.05) is 17.7 Å². The van der Waals surface area contributed by atoms with Gasteiger partial charge in [0, 0.05) is 12.7 Å². The highest BCUT2D eigenvalue weighted by Gasteiger charge is 2.20. The van der Waals surface area contributed by atoms with Crippen molar-refractivity contribution in [2.45, 2.75) is 5.92 Å². The first-order chi connectivity index (χ1) is 7.00. The Morgan fingerprint density at radius 2 is 2.27 bits per heavy atom. The summed E-state index contributed by atoms with van der Waals surface area (Å²) >= 11 is 5.63. The zero-order valence-electron chi connectivity index (χ0n) is 8.64. The molecule has 1 unspecified atom stereocenters. The first-order valence-corrected chi connectivity index (χ1v) is 4.87. The molecule has 0 aromatic carbocycles. The minimum Gasteiger partial charge on any atom is -0.481 e. The molecule has 0 amide bonds. The fourth-order valence-electron chi connectivity index (χ4n) is 1.28. The molecule has 82 valence electrons. The summed E-state index contributed by atoms with van der Waals surface area (Å²) in [6.07, 6.45) is 1.50. The second-order valence-electron chi connectivity index (χ2n) is 3.57. The number of nitrogens with zero attached hydrogens (tertiary/aromatic N) is 2. The van der Waals surface area contributed by atoms with Gasteiger partial charge in [-0.05, 0) is 25.7 Å². The summed E-state index contributed by atoms with van der Waals surface area (Å²) in [6, 6.07) is 3.29. The van der Waals surface area contributed by atoms with E-state index in [1.54, 1.807) is 12.1 Å². The summed E-state index contributed by atoms with van der Waals surface area (Å²) in [7, 11) is 3.67. The third-order valence-corrected chi connectivity index (χ3v) is 2.22. The van der Waals surface area contributed by atoms with Gasteiger partial charge >= 0.3 is 5.97 Å². The smallest absolute Gasteiger partial charge is 0.312 e. The van der Waals surface area contributed by atoms with E-state index < -0.39 is 11.9 Å². The van der Waals surface area contributed by atoms with Gasteiger partial charge in [-0.25, -0.2) is 4.98 Å². The molecule has 0 aliphatic carbocycles. The molecule has 15 heavy (non-hydrogen) atoms.